The van der Waals surface area contributed by atoms with Crippen LogP contribution in [0.25, 0.3) is 0 Å². The van der Waals surface area contributed by atoms with Crippen molar-refractivity contribution in [1.82, 2.24) is 14.9 Å². The van der Waals surface area contributed by atoms with Crippen LogP contribution < -0.4 is 15.0 Å². The molecule has 29 heavy (non-hydrogen) atoms. The number of ether oxygens (including phenoxy) is 1. The summed E-state index contributed by atoms with van der Waals surface area (Å²) in [5.41, 5.74) is 2.53. The first-order valence-corrected chi connectivity index (χ1v) is 10.0. The van der Waals surface area contributed by atoms with Gasteiger partial charge in [-0.05, 0) is 29.3 Å². The van der Waals surface area contributed by atoms with Gasteiger partial charge in [0.2, 0.25) is 5.95 Å². The van der Waals surface area contributed by atoms with E-state index in [1.165, 1.54) is 5.56 Å². The van der Waals surface area contributed by atoms with Crippen LogP contribution in [0.3, 0.4) is 0 Å². The second kappa shape index (κ2) is 9.39. The Bertz CT molecular complexity index is 893. The predicted octanol–water partition coefficient (Wildman–Crippen LogP) is 3.42. The van der Waals surface area contributed by atoms with E-state index in [0.717, 1.165) is 49.9 Å². The molecule has 0 saturated carbocycles. The fraction of sp³-hybridized carbons (Fsp3) is 0.304. The molecular formula is C23H27N5O. The summed E-state index contributed by atoms with van der Waals surface area (Å²) >= 11 is 0. The van der Waals surface area contributed by atoms with Crippen molar-refractivity contribution in [2.45, 2.75) is 13.1 Å². The van der Waals surface area contributed by atoms with Gasteiger partial charge in [0.05, 0.1) is 7.11 Å². The van der Waals surface area contributed by atoms with Gasteiger partial charge < -0.3 is 15.0 Å². The van der Waals surface area contributed by atoms with Gasteiger partial charge >= 0.3 is 0 Å². The number of piperazine rings is 1. The number of aromatic nitrogens is 2. The van der Waals surface area contributed by atoms with Crippen molar-refractivity contribution < 1.29 is 4.74 Å². The molecule has 150 valence electrons. The van der Waals surface area contributed by atoms with Crippen molar-refractivity contribution in [2.75, 3.05) is 43.5 Å². The van der Waals surface area contributed by atoms with Gasteiger partial charge in [-0.1, -0.05) is 42.5 Å². The van der Waals surface area contributed by atoms with Crippen LogP contribution in [0.4, 0.5) is 11.8 Å². The van der Waals surface area contributed by atoms with Crippen LogP contribution in [0, 0.1) is 0 Å². The molecule has 3 aromatic rings. The molecule has 0 bridgehead atoms. The van der Waals surface area contributed by atoms with Gasteiger partial charge in [0.15, 0.2) is 0 Å². The van der Waals surface area contributed by atoms with Crippen LogP contribution in [0.2, 0.25) is 0 Å². The highest BCUT2D eigenvalue weighted by Gasteiger charge is 2.18. The monoisotopic (exact) mass is 389 g/mol. The van der Waals surface area contributed by atoms with Crippen LogP contribution in [-0.2, 0) is 13.1 Å². The summed E-state index contributed by atoms with van der Waals surface area (Å²) in [6, 6.07) is 20.7. The Labute approximate surface area is 172 Å². The molecule has 1 fully saturated rings. The van der Waals surface area contributed by atoms with E-state index >= 15 is 0 Å². The third-order valence-electron chi connectivity index (χ3n) is 5.20. The lowest BCUT2D eigenvalue weighted by molar-refractivity contribution is 0.249. The topological polar surface area (TPSA) is 53.5 Å². The second-order valence-electron chi connectivity index (χ2n) is 7.19. The van der Waals surface area contributed by atoms with E-state index in [1.807, 2.05) is 36.5 Å². The number of nitrogens with one attached hydrogen (secondary N) is 1. The first-order valence-electron chi connectivity index (χ1n) is 10.0. The van der Waals surface area contributed by atoms with Crippen molar-refractivity contribution >= 4 is 11.8 Å². The minimum absolute atomic E-state index is 0.657. The predicted molar refractivity (Wildman–Crippen MR) is 116 cm³/mol. The Hall–Kier alpha value is -3.12. The van der Waals surface area contributed by atoms with Crippen molar-refractivity contribution in [1.29, 1.82) is 0 Å². The van der Waals surface area contributed by atoms with Crippen molar-refractivity contribution in [3.8, 4) is 5.75 Å². The van der Waals surface area contributed by atoms with E-state index in [9.17, 15) is 0 Å². The first kappa shape index (κ1) is 19.2. The fourth-order valence-electron chi connectivity index (χ4n) is 3.51. The van der Waals surface area contributed by atoms with Gasteiger partial charge in [-0.15, -0.1) is 0 Å². The number of hydrogen-bond acceptors (Lipinski definition) is 6. The lowest BCUT2D eigenvalue weighted by Crippen LogP contribution is -2.46. The summed E-state index contributed by atoms with van der Waals surface area (Å²) in [5.74, 6) is 2.50. The van der Waals surface area contributed by atoms with Crippen molar-refractivity contribution in [3.63, 3.8) is 0 Å². The van der Waals surface area contributed by atoms with Crippen molar-refractivity contribution in [2.24, 2.45) is 0 Å². The Morgan fingerprint density at radius 1 is 0.897 bits per heavy atom. The Balaban J connectivity index is 1.30. The molecule has 6 nitrogen and oxygen atoms in total. The molecule has 0 atom stereocenters. The molecule has 0 radical (unpaired) electrons. The molecule has 4 rings (SSSR count). The quantitative estimate of drug-likeness (QED) is 0.668. The van der Waals surface area contributed by atoms with Crippen LogP contribution in [-0.4, -0.2) is 48.2 Å². The second-order valence-corrected chi connectivity index (χ2v) is 7.19. The molecule has 2 aromatic carbocycles. The van der Waals surface area contributed by atoms with E-state index in [-0.39, 0.29) is 0 Å². The molecule has 2 heterocycles. The number of anilines is 2. The molecule has 1 aliphatic rings. The molecular weight excluding hydrogens is 362 g/mol. The lowest BCUT2D eigenvalue weighted by Gasteiger charge is -2.35. The molecule has 1 aromatic heterocycles. The Morgan fingerprint density at radius 3 is 2.38 bits per heavy atom. The number of rotatable bonds is 7. The van der Waals surface area contributed by atoms with E-state index in [1.54, 1.807) is 7.11 Å². The maximum absolute atomic E-state index is 5.20. The summed E-state index contributed by atoms with van der Waals surface area (Å²) < 4.78 is 5.20. The van der Waals surface area contributed by atoms with Gasteiger partial charge in [0, 0.05) is 45.5 Å². The SMILES string of the molecule is COc1ccc(CNc2nccc(N3CCN(Cc4ccccc4)CC3)n2)cc1. The highest BCUT2D eigenvalue weighted by molar-refractivity contribution is 5.43. The zero-order valence-corrected chi connectivity index (χ0v) is 16.8. The lowest BCUT2D eigenvalue weighted by atomic mass is 10.2. The standard InChI is InChI=1S/C23H27N5O/c1-29-21-9-7-19(8-10-21)17-25-23-24-12-11-22(26-23)28-15-13-27(14-16-28)18-20-5-3-2-4-6-20/h2-12H,13-18H2,1H3,(H,24,25,26). The molecule has 1 aliphatic heterocycles. The Morgan fingerprint density at radius 2 is 1.66 bits per heavy atom. The minimum Gasteiger partial charge on any atom is -0.497 e. The summed E-state index contributed by atoms with van der Waals surface area (Å²) in [6.45, 7) is 5.70. The average Bonchev–Trinajstić information content (AvgIpc) is 2.79. The van der Waals surface area contributed by atoms with Crippen LogP contribution in [0.1, 0.15) is 11.1 Å². The maximum atomic E-state index is 5.20. The summed E-state index contributed by atoms with van der Waals surface area (Å²) in [7, 11) is 1.67. The maximum Gasteiger partial charge on any atom is 0.224 e. The largest absolute Gasteiger partial charge is 0.497 e. The summed E-state index contributed by atoms with van der Waals surface area (Å²) in [5, 5.41) is 3.32. The van der Waals surface area contributed by atoms with Gasteiger partial charge in [-0.2, -0.15) is 4.98 Å². The normalized spacial score (nSPS) is 14.6. The summed E-state index contributed by atoms with van der Waals surface area (Å²) in [6.07, 6.45) is 1.83. The number of hydrogen-bond donors (Lipinski definition) is 1. The zero-order valence-electron chi connectivity index (χ0n) is 16.8. The molecule has 0 amide bonds. The first-order chi connectivity index (χ1) is 14.3. The molecule has 0 unspecified atom stereocenters. The van der Waals surface area contributed by atoms with Crippen LogP contribution in [0.5, 0.6) is 5.75 Å². The molecule has 1 N–H and O–H groups in total. The molecule has 0 spiro atoms. The van der Waals surface area contributed by atoms with Gasteiger partial charge in [-0.25, -0.2) is 4.98 Å². The highest BCUT2D eigenvalue weighted by atomic mass is 16.5. The fourth-order valence-corrected chi connectivity index (χ4v) is 3.51. The van der Waals surface area contributed by atoms with E-state index in [0.29, 0.717) is 12.5 Å². The average molecular weight is 390 g/mol. The van der Waals surface area contributed by atoms with Crippen LogP contribution in [0.15, 0.2) is 66.9 Å². The molecule has 1 saturated heterocycles. The highest BCUT2D eigenvalue weighted by Crippen LogP contribution is 2.17. The smallest absolute Gasteiger partial charge is 0.224 e. The molecule has 0 aliphatic carbocycles. The van der Waals surface area contributed by atoms with E-state index < -0.39 is 0 Å². The van der Waals surface area contributed by atoms with Crippen LogP contribution >= 0.6 is 0 Å². The van der Waals surface area contributed by atoms with Gasteiger partial charge in [-0.3, -0.25) is 4.90 Å². The third-order valence-corrected chi connectivity index (χ3v) is 5.20. The van der Waals surface area contributed by atoms with Gasteiger partial charge in [0.1, 0.15) is 11.6 Å². The third kappa shape index (κ3) is 5.23. The Kier molecular flexibility index (Phi) is 6.22. The van der Waals surface area contributed by atoms with Gasteiger partial charge in [0.25, 0.3) is 0 Å². The van der Waals surface area contributed by atoms with E-state index in [2.05, 4.69) is 50.4 Å². The number of benzene rings is 2. The van der Waals surface area contributed by atoms with Crippen molar-refractivity contribution in [3.05, 3.63) is 78.0 Å². The minimum atomic E-state index is 0.657. The summed E-state index contributed by atoms with van der Waals surface area (Å²) in [4.78, 5) is 13.9. The number of methoxy groups -OCH3 is 1. The zero-order chi connectivity index (χ0) is 19.9. The van der Waals surface area contributed by atoms with E-state index in [4.69, 9.17) is 9.72 Å². The number of nitrogens with zero attached hydrogens (tertiary/aromatic N) is 4. The molecule has 6 heteroatoms.